The Morgan fingerprint density at radius 2 is 2.39 bits per heavy atom. The van der Waals surface area contributed by atoms with Crippen molar-refractivity contribution in [1.29, 1.82) is 0 Å². The summed E-state index contributed by atoms with van der Waals surface area (Å²) in [6.07, 6.45) is 7.56. The Kier molecular flexibility index (Phi) is 4.75. The van der Waals surface area contributed by atoms with E-state index in [1.807, 2.05) is 12.5 Å². The lowest BCUT2D eigenvalue weighted by molar-refractivity contribution is -0.121. The van der Waals surface area contributed by atoms with Crippen LogP contribution in [0.1, 0.15) is 38.3 Å². The average molecular weight is 250 g/mol. The van der Waals surface area contributed by atoms with Crippen LogP contribution in [-0.2, 0) is 17.9 Å². The molecule has 5 nitrogen and oxygen atoms in total. The maximum atomic E-state index is 11.4. The fourth-order valence-electron chi connectivity index (χ4n) is 1.90. The van der Waals surface area contributed by atoms with Gasteiger partial charge in [0.1, 0.15) is 0 Å². The number of amides is 1. The summed E-state index contributed by atoms with van der Waals surface area (Å²) < 4.78 is 2.12. The SMILES string of the molecule is CCn1cncc1CNCCCC(=O)NC1CC1. The Hall–Kier alpha value is -1.36. The molecule has 18 heavy (non-hydrogen) atoms. The van der Waals surface area contributed by atoms with E-state index in [0.29, 0.717) is 12.5 Å². The summed E-state index contributed by atoms with van der Waals surface area (Å²) in [5.74, 6) is 0.193. The van der Waals surface area contributed by atoms with E-state index in [0.717, 1.165) is 38.9 Å². The van der Waals surface area contributed by atoms with Gasteiger partial charge in [-0.1, -0.05) is 0 Å². The number of imidazole rings is 1. The van der Waals surface area contributed by atoms with Gasteiger partial charge in [-0.25, -0.2) is 4.98 Å². The molecule has 100 valence electrons. The van der Waals surface area contributed by atoms with E-state index >= 15 is 0 Å². The third kappa shape index (κ3) is 4.14. The molecule has 1 aliphatic rings. The summed E-state index contributed by atoms with van der Waals surface area (Å²) in [7, 11) is 0. The standard InChI is InChI=1S/C13H22N4O/c1-2-17-10-15-9-12(17)8-14-7-3-4-13(18)16-11-5-6-11/h9-11,14H,2-8H2,1H3,(H,16,18). The van der Waals surface area contributed by atoms with Crippen LogP contribution in [-0.4, -0.2) is 28.0 Å². The van der Waals surface area contributed by atoms with Crippen LogP contribution in [0.2, 0.25) is 0 Å². The smallest absolute Gasteiger partial charge is 0.220 e. The van der Waals surface area contributed by atoms with Crippen molar-refractivity contribution < 1.29 is 4.79 Å². The Labute approximate surface area is 108 Å². The van der Waals surface area contributed by atoms with Crippen LogP contribution in [0.5, 0.6) is 0 Å². The maximum Gasteiger partial charge on any atom is 0.220 e. The van der Waals surface area contributed by atoms with E-state index in [2.05, 4.69) is 27.1 Å². The fourth-order valence-corrected chi connectivity index (χ4v) is 1.90. The number of hydrogen-bond acceptors (Lipinski definition) is 3. The number of nitrogens with one attached hydrogen (secondary N) is 2. The molecule has 1 aromatic rings. The first-order chi connectivity index (χ1) is 8.79. The Bertz CT molecular complexity index is 384. The number of hydrogen-bond donors (Lipinski definition) is 2. The first-order valence-corrected chi connectivity index (χ1v) is 6.78. The lowest BCUT2D eigenvalue weighted by Gasteiger charge is -2.07. The average Bonchev–Trinajstić information content (AvgIpc) is 3.05. The lowest BCUT2D eigenvalue weighted by atomic mass is 10.3. The summed E-state index contributed by atoms with van der Waals surface area (Å²) >= 11 is 0. The molecule has 5 heteroatoms. The van der Waals surface area contributed by atoms with Crippen molar-refractivity contribution in [2.24, 2.45) is 0 Å². The van der Waals surface area contributed by atoms with Crippen molar-refractivity contribution in [2.45, 2.75) is 51.7 Å². The summed E-state index contributed by atoms with van der Waals surface area (Å²) in [5, 5.41) is 6.34. The summed E-state index contributed by atoms with van der Waals surface area (Å²) in [6, 6.07) is 0.476. The van der Waals surface area contributed by atoms with Gasteiger partial charge in [0.25, 0.3) is 0 Å². The fraction of sp³-hybridized carbons (Fsp3) is 0.692. The third-order valence-corrected chi connectivity index (χ3v) is 3.15. The zero-order chi connectivity index (χ0) is 12.8. The van der Waals surface area contributed by atoms with Gasteiger partial charge in [0.2, 0.25) is 5.91 Å². The van der Waals surface area contributed by atoms with Crippen molar-refractivity contribution in [3.05, 3.63) is 18.2 Å². The predicted octanol–water partition coefficient (Wildman–Crippen LogP) is 1.05. The minimum Gasteiger partial charge on any atom is -0.353 e. The number of aryl methyl sites for hydroxylation is 1. The number of carbonyl (C=O) groups excluding carboxylic acids is 1. The highest BCUT2D eigenvalue weighted by atomic mass is 16.1. The molecule has 1 heterocycles. The molecule has 2 rings (SSSR count). The van der Waals surface area contributed by atoms with Crippen LogP contribution >= 0.6 is 0 Å². The van der Waals surface area contributed by atoms with Crippen molar-refractivity contribution in [2.75, 3.05) is 6.54 Å². The predicted molar refractivity (Wildman–Crippen MR) is 70.0 cm³/mol. The zero-order valence-corrected chi connectivity index (χ0v) is 11.0. The van der Waals surface area contributed by atoms with Gasteiger partial charge in [0.15, 0.2) is 0 Å². The largest absolute Gasteiger partial charge is 0.353 e. The Morgan fingerprint density at radius 3 is 3.11 bits per heavy atom. The van der Waals surface area contributed by atoms with Gasteiger partial charge >= 0.3 is 0 Å². The molecular formula is C13H22N4O. The molecule has 1 aliphatic carbocycles. The second-order valence-electron chi connectivity index (χ2n) is 4.79. The van der Waals surface area contributed by atoms with E-state index < -0.39 is 0 Å². The van der Waals surface area contributed by atoms with Crippen molar-refractivity contribution in [3.63, 3.8) is 0 Å². The van der Waals surface area contributed by atoms with Crippen LogP contribution < -0.4 is 10.6 Å². The topological polar surface area (TPSA) is 59.0 Å². The van der Waals surface area contributed by atoms with Gasteiger partial charge in [0.05, 0.1) is 12.0 Å². The minimum absolute atomic E-state index is 0.193. The molecule has 0 atom stereocenters. The van der Waals surface area contributed by atoms with E-state index in [1.165, 1.54) is 5.69 Å². The molecule has 0 radical (unpaired) electrons. The summed E-state index contributed by atoms with van der Waals surface area (Å²) in [4.78, 5) is 15.6. The highest BCUT2D eigenvalue weighted by Crippen LogP contribution is 2.18. The lowest BCUT2D eigenvalue weighted by Crippen LogP contribution is -2.26. The van der Waals surface area contributed by atoms with Crippen LogP contribution in [0.3, 0.4) is 0 Å². The van der Waals surface area contributed by atoms with Gasteiger partial charge < -0.3 is 15.2 Å². The summed E-state index contributed by atoms with van der Waals surface area (Å²) in [6.45, 7) is 4.74. The number of nitrogens with zero attached hydrogens (tertiary/aromatic N) is 2. The van der Waals surface area contributed by atoms with Gasteiger partial charge in [-0.15, -0.1) is 0 Å². The number of aromatic nitrogens is 2. The van der Waals surface area contributed by atoms with Crippen LogP contribution in [0.15, 0.2) is 12.5 Å². The molecule has 1 amide bonds. The molecule has 0 bridgehead atoms. The normalized spacial score (nSPS) is 14.7. The van der Waals surface area contributed by atoms with Crippen LogP contribution in [0.25, 0.3) is 0 Å². The first kappa shape index (κ1) is 13.1. The van der Waals surface area contributed by atoms with Crippen LogP contribution in [0.4, 0.5) is 0 Å². The molecule has 2 N–H and O–H groups in total. The molecule has 0 aromatic carbocycles. The molecule has 1 aromatic heterocycles. The number of carbonyl (C=O) groups is 1. The Morgan fingerprint density at radius 1 is 1.56 bits per heavy atom. The Balaban J connectivity index is 1.54. The molecule has 0 saturated heterocycles. The van der Waals surface area contributed by atoms with E-state index in [1.54, 1.807) is 0 Å². The summed E-state index contributed by atoms with van der Waals surface area (Å²) in [5.41, 5.74) is 1.19. The van der Waals surface area contributed by atoms with Gasteiger partial charge in [-0.05, 0) is 32.7 Å². The molecular weight excluding hydrogens is 228 g/mol. The highest BCUT2D eigenvalue weighted by molar-refractivity contribution is 5.76. The molecule has 0 unspecified atom stereocenters. The van der Waals surface area contributed by atoms with Gasteiger partial charge in [-0.3, -0.25) is 4.79 Å². The molecule has 0 spiro atoms. The maximum absolute atomic E-state index is 11.4. The van der Waals surface area contributed by atoms with E-state index in [9.17, 15) is 4.79 Å². The highest BCUT2D eigenvalue weighted by Gasteiger charge is 2.22. The second kappa shape index (κ2) is 6.54. The second-order valence-corrected chi connectivity index (χ2v) is 4.79. The van der Waals surface area contributed by atoms with Crippen molar-refractivity contribution in [3.8, 4) is 0 Å². The third-order valence-electron chi connectivity index (χ3n) is 3.15. The molecule has 0 aliphatic heterocycles. The molecule has 1 fully saturated rings. The minimum atomic E-state index is 0.193. The zero-order valence-electron chi connectivity index (χ0n) is 11.0. The van der Waals surface area contributed by atoms with Gasteiger partial charge in [-0.2, -0.15) is 0 Å². The van der Waals surface area contributed by atoms with E-state index in [-0.39, 0.29) is 5.91 Å². The monoisotopic (exact) mass is 250 g/mol. The molecule has 1 saturated carbocycles. The van der Waals surface area contributed by atoms with Crippen molar-refractivity contribution in [1.82, 2.24) is 20.2 Å². The van der Waals surface area contributed by atoms with Crippen molar-refractivity contribution >= 4 is 5.91 Å². The van der Waals surface area contributed by atoms with E-state index in [4.69, 9.17) is 0 Å². The van der Waals surface area contributed by atoms with Gasteiger partial charge in [0, 0.05) is 31.7 Å². The number of rotatable bonds is 8. The van der Waals surface area contributed by atoms with Crippen LogP contribution in [0, 0.1) is 0 Å². The first-order valence-electron chi connectivity index (χ1n) is 6.78. The quantitative estimate of drug-likeness (QED) is 0.678.